The van der Waals surface area contributed by atoms with Gasteiger partial charge in [0.15, 0.2) is 5.96 Å². The van der Waals surface area contributed by atoms with Crippen LogP contribution in [0.2, 0.25) is 0 Å². The average molecular weight is 423 g/mol. The Kier molecular flexibility index (Phi) is 7.34. The second kappa shape index (κ2) is 9.72. The smallest absolute Gasteiger partial charge is 0.188 e. The number of guanidine groups is 1. The summed E-state index contributed by atoms with van der Waals surface area (Å²) in [5, 5.41) is 3.29. The molecule has 0 radical (unpaired) electrons. The number of aliphatic imine (C=N–C) groups is 1. The maximum Gasteiger partial charge on any atom is 0.188 e. The van der Waals surface area contributed by atoms with Gasteiger partial charge in [0.1, 0.15) is 0 Å². The summed E-state index contributed by atoms with van der Waals surface area (Å²) >= 11 is 3.53. The minimum absolute atomic E-state index is 0.154. The highest BCUT2D eigenvalue weighted by Gasteiger charge is 2.35. The Labute approximate surface area is 165 Å². The number of ether oxygens (including phenoxy) is 1. The zero-order valence-corrected chi connectivity index (χ0v) is 17.1. The highest BCUT2D eigenvalue weighted by atomic mass is 79.9. The van der Waals surface area contributed by atoms with Gasteiger partial charge in [0, 0.05) is 29.5 Å². The van der Waals surface area contributed by atoms with E-state index >= 15 is 0 Å². The molecule has 1 aliphatic carbocycles. The van der Waals surface area contributed by atoms with Crippen molar-refractivity contribution in [1.82, 2.24) is 10.2 Å². The summed E-state index contributed by atoms with van der Waals surface area (Å²) in [4.78, 5) is 7.14. The van der Waals surface area contributed by atoms with E-state index in [1.165, 1.54) is 31.2 Å². The van der Waals surface area contributed by atoms with Crippen LogP contribution in [0.5, 0.6) is 0 Å². The summed E-state index contributed by atoms with van der Waals surface area (Å²) in [6.45, 7) is 6.53. The standard InChI is InChI=1S/C20H31BrN4O/c21-18-6-4-17(5-7-18)20(8-1-2-9-20)16-24-19(22)23-10-3-11-25-12-14-26-15-13-25/h4-7H,1-3,8-16H2,(H3,22,23,24). The van der Waals surface area contributed by atoms with Crippen molar-refractivity contribution in [3.63, 3.8) is 0 Å². The molecule has 0 amide bonds. The summed E-state index contributed by atoms with van der Waals surface area (Å²) < 4.78 is 6.50. The molecule has 0 spiro atoms. The predicted molar refractivity (Wildman–Crippen MR) is 111 cm³/mol. The maximum atomic E-state index is 6.13. The molecule has 2 aliphatic rings. The van der Waals surface area contributed by atoms with E-state index in [1.54, 1.807) is 0 Å². The third-order valence-corrected chi connectivity index (χ3v) is 6.16. The SMILES string of the molecule is NC(=NCC1(c2ccc(Br)cc2)CCCC1)NCCCN1CCOCC1. The molecule has 0 atom stereocenters. The van der Waals surface area contributed by atoms with Crippen molar-refractivity contribution in [2.75, 3.05) is 45.9 Å². The van der Waals surface area contributed by atoms with Crippen molar-refractivity contribution in [2.24, 2.45) is 10.7 Å². The Morgan fingerprint density at radius 1 is 1.19 bits per heavy atom. The first-order chi connectivity index (χ1) is 12.7. The molecular weight excluding hydrogens is 392 g/mol. The van der Waals surface area contributed by atoms with Gasteiger partial charge in [-0.1, -0.05) is 40.9 Å². The fourth-order valence-electron chi connectivity index (χ4n) is 4.03. The van der Waals surface area contributed by atoms with Gasteiger partial charge in [0.2, 0.25) is 0 Å². The first-order valence-corrected chi connectivity index (χ1v) is 10.6. The van der Waals surface area contributed by atoms with E-state index in [4.69, 9.17) is 15.5 Å². The summed E-state index contributed by atoms with van der Waals surface area (Å²) in [6.07, 6.45) is 6.02. The lowest BCUT2D eigenvalue weighted by atomic mass is 9.79. The summed E-state index contributed by atoms with van der Waals surface area (Å²) in [6, 6.07) is 8.73. The number of benzene rings is 1. The number of nitrogens with two attached hydrogens (primary N) is 1. The third kappa shape index (κ3) is 5.44. The first kappa shape index (κ1) is 19.6. The van der Waals surface area contributed by atoms with E-state index in [2.05, 4.69) is 50.4 Å². The van der Waals surface area contributed by atoms with Crippen LogP contribution in [0.25, 0.3) is 0 Å². The molecule has 1 aromatic carbocycles. The fraction of sp³-hybridized carbons (Fsp3) is 0.650. The van der Waals surface area contributed by atoms with Gasteiger partial charge in [-0.15, -0.1) is 0 Å². The molecule has 1 aliphatic heterocycles. The van der Waals surface area contributed by atoms with Gasteiger partial charge in [-0.05, 0) is 43.5 Å². The number of morpholine rings is 1. The predicted octanol–water partition coefficient (Wildman–Crippen LogP) is 2.89. The maximum absolute atomic E-state index is 6.13. The summed E-state index contributed by atoms with van der Waals surface area (Å²) in [7, 11) is 0. The van der Waals surface area contributed by atoms with E-state index in [0.717, 1.165) is 56.8 Å². The number of nitrogens with zero attached hydrogens (tertiary/aromatic N) is 2. The molecule has 0 bridgehead atoms. The van der Waals surface area contributed by atoms with Crippen molar-refractivity contribution < 1.29 is 4.74 Å². The molecule has 1 saturated heterocycles. The van der Waals surface area contributed by atoms with Crippen LogP contribution in [0.15, 0.2) is 33.7 Å². The Balaban J connectivity index is 1.47. The van der Waals surface area contributed by atoms with Crippen molar-refractivity contribution >= 4 is 21.9 Å². The van der Waals surface area contributed by atoms with Gasteiger partial charge in [-0.3, -0.25) is 9.89 Å². The normalized spacial score (nSPS) is 21.0. The Morgan fingerprint density at radius 2 is 1.88 bits per heavy atom. The number of rotatable bonds is 7. The van der Waals surface area contributed by atoms with Gasteiger partial charge >= 0.3 is 0 Å². The topological polar surface area (TPSA) is 62.9 Å². The van der Waals surface area contributed by atoms with Gasteiger partial charge in [0.25, 0.3) is 0 Å². The molecule has 26 heavy (non-hydrogen) atoms. The molecule has 6 heteroatoms. The van der Waals surface area contributed by atoms with Crippen molar-refractivity contribution in [3.05, 3.63) is 34.3 Å². The van der Waals surface area contributed by atoms with Crippen LogP contribution >= 0.6 is 15.9 Å². The van der Waals surface area contributed by atoms with Gasteiger partial charge < -0.3 is 15.8 Å². The van der Waals surface area contributed by atoms with E-state index in [1.807, 2.05) is 0 Å². The molecule has 144 valence electrons. The Morgan fingerprint density at radius 3 is 2.58 bits per heavy atom. The summed E-state index contributed by atoms with van der Waals surface area (Å²) in [5.41, 5.74) is 7.67. The molecule has 5 nitrogen and oxygen atoms in total. The highest BCUT2D eigenvalue weighted by molar-refractivity contribution is 9.10. The lowest BCUT2D eigenvalue weighted by molar-refractivity contribution is 0.0376. The van der Waals surface area contributed by atoms with Crippen LogP contribution in [-0.2, 0) is 10.2 Å². The minimum Gasteiger partial charge on any atom is -0.379 e. The second-order valence-electron chi connectivity index (χ2n) is 7.43. The van der Waals surface area contributed by atoms with E-state index < -0.39 is 0 Å². The van der Waals surface area contributed by atoms with Gasteiger partial charge in [0.05, 0.1) is 19.8 Å². The zero-order chi connectivity index (χ0) is 18.2. The molecule has 1 saturated carbocycles. The van der Waals surface area contributed by atoms with Crippen LogP contribution < -0.4 is 11.1 Å². The number of hydrogen-bond acceptors (Lipinski definition) is 3. The van der Waals surface area contributed by atoms with E-state index in [9.17, 15) is 0 Å². The monoisotopic (exact) mass is 422 g/mol. The van der Waals surface area contributed by atoms with E-state index in [0.29, 0.717) is 5.96 Å². The Bertz CT molecular complexity index is 578. The molecule has 3 N–H and O–H groups in total. The molecule has 0 unspecified atom stereocenters. The van der Waals surface area contributed by atoms with Crippen LogP contribution in [0.4, 0.5) is 0 Å². The van der Waals surface area contributed by atoms with Crippen LogP contribution in [0.1, 0.15) is 37.7 Å². The van der Waals surface area contributed by atoms with Gasteiger partial charge in [-0.25, -0.2) is 0 Å². The van der Waals surface area contributed by atoms with Crippen LogP contribution in [0, 0.1) is 0 Å². The molecule has 2 fully saturated rings. The van der Waals surface area contributed by atoms with Crippen molar-refractivity contribution in [3.8, 4) is 0 Å². The largest absolute Gasteiger partial charge is 0.379 e. The highest BCUT2D eigenvalue weighted by Crippen LogP contribution is 2.41. The second-order valence-corrected chi connectivity index (χ2v) is 8.35. The molecule has 1 heterocycles. The fourth-order valence-corrected chi connectivity index (χ4v) is 4.29. The lowest BCUT2D eigenvalue weighted by Gasteiger charge is -2.28. The average Bonchev–Trinajstić information content (AvgIpc) is 3.15. The minimum atomic E-state index is 0.154. The zero-order valence-electron chi connectivity index (χ0n) is 15.6. The number of hydrogen-bond donors (Lipinski definition) is 2. The lowest BCUT2D eigenvalue weighted by Crippen LogP contribution is -2.39. The van der Waals surface area contributed by atoms with Gasteiger partial charge in [-0.2, -0.15) is 0 Å². The summed E-state index contributed by atoms with van der Waals surface area (Å²) in [5.74, 6) is 0.579. The van der Waals surface area contributed by atoms with E-state index in [-0.39, 0.29) is 5.41 Å². The van der Waals surface area contributed by atoms with Crippen molar-refractivity contribution in [1.29, 1.82) is 0 Å². The first-order valence-electron chi connectivity index (χ1n) is 9.78. The molecular formula is C20H31BrN4O. The van der Waals surface area contributed by atoms with Crippen LogP contribution in [0.3, 0.4) is 0 Å². The number of halogens is 1. The molecule has 3 rings (SSSR count). The molecule has 1 aromatic rings. The quantitative estimate of drug-likeness (QED) is 0.402. The molecule has 0 aromatic heterocycles. The number of nitrogens with one attached hydrogen (secondary N) is 1. The Hall–Kier alpha value is -1.11. The van der Waals surface area contributed by atoms with Crippen molar-refractivity contribution in [2.45, 2.75) is 37.5 Å². The van der Waals surface area contributed by atoms with Crippen LogP contribution in [-0.4, -0.2) is 56.8 Å². The third-order valence-electron chi connectivity index (χ3n) is 5.63.